The van der Waals surface area contributed by atoms with Crippen LogP contribution in [0.15, 0.2) is 0 Å². The van der Waals surface area contributed by atoms with Crippen LogP contribution in [0, 0.1) is 29.1 Å². The van der Waals surface area contributed by atoms with Gasteiger partial charge in [-0.3, -0.25) is 0 Å². The second kappa shape index (κ2) is 5.08. The van der Waals surface area contributed by atoms with Gasteiger partial charge >= 0.3 is 11.9 Å². The van der Waals surface area contributed by atoms with Crippen molar-refractivity contribution in [3.63, 3.8) is 0 Å². The first-order valence-electron chi connectivity index (χ1n) is 5.49. The number of esters is 1. The third-order valence-corrected chi connectivity index (χ3v) is 2.77. The molecule has 1 fully saturated rings. The summed E-state index contributed by atoms with van der Waals surface area (Å²) in [5.74, 6) is -16.5. The number of rotatable bonds is 3. The van der Waals surface area contributed by atoms with E-state index >= 15 is 0 Å². The van der Waals surface area contributed by atoms with Gasteiger partial charge in [-0.25, -0.2) is 26.7 Å². The first-order valence-corrected chi connectivity index (χ1v) is 5.49. The average Bonchev–Trinajstić information content (AvgIpc) is 2.67. The molecule has 0 bridgehead atoms. The van der Waals surface area contributed by atoms with Crippen LogP contribution in [0.5, 0.6) is 0 Å². The van der Waals surface area contributed by atoms with Gasteiger partial charge in [-0.05, 0) is 0 Å². The topological polar surface area (TPSA) is 38.3 Å². The van der Waals surface area contributed by atoms with Crippen LogP contribution in [0.2, 0.25) is 0 Å². The maximum Gasteiger partial charge on any atom is 0.377 e. The normalized spacial score (nSPS) is 20.5. The highest BCUT2D eigenvalue weighted by Crippen LogP contribution is 2.32. The number of carbonyl (C=O) groups excluding carboxylic acids is 1. The van der Waals surface area contributed by atoms with E-state index in [2.05, 4.69) is 4.74 Å². The number of cyclic esters (lactones) is 1. The lowest BCUT2D eigenvalue weighted by Gasteiger charge is -2.13. The monoisotopic (exact) mass is 317 g/mol. The summed E-state index contributed by atoms with van der Waals surface area (Å²) in [6.45, 7) is -0.736. The van der Waals surface area contributed by atoms with Crippen LogP contribution in [0.3, 0.4) is 0 Å². The molecule has 1 saturated heterocycles. The van der Waals surface area contributed by atoms with Gasteiger partial charge in [-0.15, -0.1) is 0 Å². The molecule has 1 atom stereocenters. The van der Waals surface area contributed by atoms with Crippen LogP contribution >= 0.6 is 0 Å². The summed E-state index contributed by atoms with van der Waals surface area (Å²) in [6, 6.07) is 0. The minimum atomic E-state index is -3.75. The summed E-state index contributed by atoms with van der Waals surface area (Å²) < 4.78 is 94.9. The van der Waals surface area contributed by atoms with Crippen LogP contribution in [0.25, 0.3) is 0 Å². The molecule has 1 aliphatic rings. The Balaban J connectivity index is 2.17. The van der Waals surface area contributed by atoms with Gasteiger partial charge in [0, 0.05) is 0 Å². The SMILES string of the molecule is O=C1OC(CNc2c(F)c(F)c(F)c(F)c2F)CC1(F)F. The Kier molecular flexibility index (Phi) is 3.72. The molecule has 0 radical (unpaired) electrons. The Hall–Kier alpha value is -2.00. The van der Waals surface area contributed by atoms with Crippen molar-refractivity contribution in [3.05, 3.63) is 29.1 Å². The molecule has 10 heteroatoms. The number of halogens is 7. The number of carbonyl (C=O) groups is 1. The number of ether oxygens (including phenoxy) is 1. The van der Waals surface area contributed by atoms with Gasteiger partial charge in [0.1, 0.15) is 11.8 Å². The van der Waals surface area contributed by atoms with Crippen molar-refractivity contribution in [1.82, 2.24) is 0 Å². The number of anilines is 1. The first kappa shape index (κ1) is 15.4. The first-order chi connectivity index (χ1) is 9.65. The second-order valence-corrected chi connectivity index (χ2v) is 4.26. The largest absolute Gasteiger partial charge is 0.456 e. The fourth-order valence-corrected chi connectivity index (χ4v) is 1.74. The molecule has 0 saturated carbocycles. The van der Waals surface area contributed by atoms with Crippen LogP contribution in [-0.2, 0) is 9.53 Å². The van der Waals surface area contributed by atoms with Gasteiger partial charge in [0.25, 0.3) is 0 Å². The molecule has 1 aromatic rings. The van der Waals surface area contributed by atoms with E-state index in [0.29, 0.717) is 0 Å². The predicted octanol–water partition coefficient (Wildman–Crippen LogP) is 2.74. The Morgan fingerprint density at radius 3 is 1.90 bits per heavy atom. The smallest absolute Gasteiger partial charge is 0.377 e. The van der Waals surface area contributed by atoms with Crippen molar-refractivity contribution in [2.24, 2.45) is 0 Å². The molecule has 1 heterocycles. The molecule has 0 aromatic heterocycles. The van der Waals surface area contributed by atoms with E-state index in [9.17, 15) is 35.5 Å². The molecular weight excluding hydrogens is 311 g/mol. The summed E-state index contributed by atoms with van der Waals surface area (Å²) >= 11 is 0. The van der Waals surface area contributed by atoms with Crippen molar-refractivity contribution in [2.75, 3.05) is 11.9 Å². The Morgan fingerprint density at radius 1 is 1.00 bits per heavy atom. The zero-order valence-electron chi connectivity index (χ0n) is 9.95. The Labute approximate surface area is 112 Å². The fourth-order valence-electron chi connectivity index (χ4n) is 1.74. The van der Waals surface area contributed by atoms with Crippen molar-refractivity contribution in [2.45, 2.75) is 18.4 Å². The molecule has 116 valence electrons. The minimum absolute atomic E-state index is 0.736. The van der Waals surface area contributed by atoms with E-state index in [1.807, 2.05) is 0 Å². The standard InChI is InChI=1S/C11H6F7NO2/c12-4-5(13)7(15)9(8(16)6(4)14)19-2-3-1-11(17,18)10(20)21-3/h3,19H,1-2H2. The summed E-state index contributed by atoms with van der Waals surface area (Å²) in [5.41, 5.74) is -1.38. The van der Waals surface area contributed by atoms with Gasteiger partial charge in [-0.1, -0.05) is 0 Å². The number of hydrogen-bond acceptors (Lipinski definition) is 3. The van der Waals surface area contributed by atoms with Crippen LogP contribution in [0.4, 0.5) is 36.4 Å². The van der Waals surface area contributed by atoms with E-state index in [1.54, 1.807) is 5.32 Å². The highest BCUT2D eigenvalue weighted by Gasteiger charge is 2.50. The van der Waals surface area contributed by atoms with E-state index in [4.69, 9.17) is 0 Å². The molecule has 1 aromatic carbocycles. The van der Waals surface area contributed by atoms with Gasteiger partial charge in [0.05, 0.1) is 13.0 Å². The molecule has 1 unspecified atom stereocenters. The maximum absolute atomic E-state index is 13.3. The summed E-state index contributed by atoms with van der Waals surface area (Å²) in [5, 5.41) is 1.78. The Bertz CT molecular complexity index is 576. The quantitative estimate of drug-likeness (QED) is 0.403. The Morgan fingerprint density at radius 2 is 1.48 bits per heavy atom. The average molecular weight is 317 g/mol. The van der Waals surface area contributed by atoms with Gasteiger partial charge in [0.2, 0.25) is 5.82 Å². The molecule has 1 N–H and O–H groups in total. The highest BCUT2D eigenvalue weighted by molar-refractivity contribution is 5.79. The van der Waals surface area contributed by atoms with E-state index in [0.717, 1.165) is 0 Å². The second-order valence-electron chi connectivity index (χ2n) is 4.26. The van der Waals surface area contributed by atoms with Crippen LogP contribution < -0.4 is 5.32 Å². The van der Waals surface area contributed by atoms with Crippen LogP contribution in [-0.4, -0.2) is 24.5 Å². The number of alkyl halides is 2. The van der Waals surface area contributed by atoms with E-state index in [1.165, 1.54) is 0 Å². The predicted molar refractivity (Wildman–Crippen MR) is 54.2 cm³/mol. The van der Waals surface area contributed by atoms with Crippen LogP contribution in [0.1, 0.15) is 6.42 Å². The summed E-state index contributed by atoms with van der Waals surface area (Å²) in [7, 11) is 0. The zero-order chi connectivity index (χ0) is 15.9. The third-order valence-electron chi connectivity index (χ3n) is 2.77. The van der Waals surface area contributed by atoms with Gasteiger partial charge in [-0.2, -0.15) is 8.78 Å². The molecule has 0 aliphatic carbocycles. The fraction of sp³-hybridized carbons (Fsp3) is 0.364. The lowest BCUT2D eigenvalue weighted by molar-refractivity contribution is -0.158. The van der Waals surface area contributed by atoms with E-state index in [-0.39, 0.29) is 0 Å². The number of nitrogens with one attached hydrogen (secondary N) is 1. The van der Waals surface area contributed by atoms with Crippen molar-refractivity contribution < 1.29 is 40.3 Å². The number of benzene rings is 1. The molecule has 21 heavy (non-hydrogen) atoms. The lowest BCUT2D eigenvalue weighted by atomic mass is 10.2. The van der Waals surface area contributed by atoms with Crippen molar-refractivity contribution in [3.8, 4) is 0 Å². The highest BCUT2D eigenvalue weighted by atomic mass is 19.3. The zero-order valence-corrected chi connectivity index (χ0v) is 9.95. The molecule has 0 spiro atoms. The van der Waals surface area contributed by atoms with Gasteiger partial charge < -0.3 is 10.1 Å². The lowest BCUT2D eigenvalue weighted by Crippen LogP contribution is -2.23. The third kappa shape index (κ3) is 2.61. The van der Waals surface area contributed by atoms with E-state index < -0.39 is 65.7 Å². The molecule has 2 rings (SSSR count). The molecule has 0 amide bonds. The molecule has 3 nitrogen and oxygen atoms in total. The summed E-state index contributed by atoms with van der Waals surface area (Å²) in [6.07, 6.45) is -2.52. The number of hydrogen-bond donors (Lipinski definition) is 1. The molecule has 1 aliphatic heterocycles. The van der Waals surface area contributed by atoms with Crippen molar-refractivity contribution >= 4 is 11.7 Å². The summed E-state index contributed by atoms with van der Waals surface area (Å²) in [4.78, 5) is 10.7. The van der Waals surface area contributed by atoms with Gasteiger partial charge in [0.15, 0.2) is 23.3 Å². The maximum atomic E-state index is 13.3. The minimum Gasteiger partial charge on any atom is -0.456 e. The molecular formula is C11H6F7NO2. The van der Waals surface area contributed by atoms with Crippen molar-refractivity contribution in [1.29, 1.82) is 0 Å².